The molecule has 1 saturated heterocycles. The summed E-state index contributed by atoms with van der Waals surface area (Å²) in [6.45, 7) is 0.915. The van der Waals surface area contributed by atoms with Crippen LogP contribution in [0.1, 0.15) is 23.7 Å². The normalized spacial score (nSPS) is 18.5. The SMILES string of the molecule is c1ccc(Cc2noc(CCNC3CCSC3)n2)cc1. The number of rotatable bonds is 6. The van der Waals surface area contributed by atoms with Crippen molar-refractivity contribution >= 4 is 11.8 Å². The van der Waals surface area contributed by atoms with Gasteiger partial charge in [0.1, 0.15) is 0 Å². The van der Waals surface area contributed by atoms with E-state index in [4.69, 9.17) is 4.52 Å². The van der Waals surface area contributed by atoms with Crippen LogP contribution in [0.4, 0.5) is 0 Å². The van der Waals surface area contributed by atoms with Crippen molar-refractivity contribution in [3.05, 3.63) is 47.6 Å². The van der Waals surface area contributed by atoms with Crippen LogP contribution in [-0.4, -0.2) is 34.2 Å². The lowest BCUT2D eigenvalue weighted by Crippen LogP contribution is -2.30. The number of hydrogen-bond donors (Lipinski definition) is 1. The molecular formula is C15H19N3OS. The van der Waals surface area contributed by atoms with Crippen molar-refractivity contribution in [2.24, 2.45) is 0 Å². The smallest absolute Gasteiger partial charge is 0.227 e. The molecule has 0 spiro atoms. The summed E-state index contributed by atoms with van der Waals surface area (Å²) in [7, 11) is 0. The molecule has 0 saturated carbocycles. The molecule has 1 atom stereocenters. The molecule has 1 aliphatic rings. The maximum atomic E-state index is 5.30. The maximum absolute atomic E-state index is 5.30. The van der Waals surface area contributed by atoms with Crippen LogP contribution in [0.2, 0.25) is 0 Å². The number of nitrogens with zero attached hydrogens (tertiary/aromatic N) is 2. The monoisotopic (exact) mass is 289 g/mol. The minimum absolute atomic E-state index is 0.659. The Hall–Kier alpha value is -1.33. The Morgan fingerprint density at radius 1 is 1.30 bits per heavy atom. The second kappa shape index (κ2) is 6.90. The summed E-state index contributed by atoms with van der Waals surface area (Å²) in [4.78, 5) is 4.45. The summed E-state index contributed by atoms with van der Waals surface area (Å²) in [5.41, 5.74) is 1.21. The molecule has 2 aromatic rings. The van der Waals surface area contributed by atoms with E-state index < -0.39 is 0 Å². The molecule has 1 fully saturated rings. The van der Waals surface area contributed by atoms with Gasteiger partial charge < -0.3 is 9.84 Å². The molecule has 1 N–H and O–H groups in total. The van der Waals surface area contributed by atoms with Crippen LogP contribution >= 0.6 is 11.8 Å². The average Bonchev–Trinajstić information content (AvgIpc) is 3.12. The molecule has 0 bridgehead atoms. The van der Waals surface area contributed by atoms with Gasteiger partial charge in [0.05, 0.1) is 0 Å². The highest BCUT2D eigenvalue weighted by Crippen LogP contribution is 2.16. The van der Waals surface area contributed by atoms with Gasteiger partial charge in [0.25, 0.3) is 0 Å². The summed E-state index contributed by atoms with van der Waals surface area (Å²) < 4.78 is 5.30. The highest BCUT2D eigenvalue weighted by atomic mass is 32.2. The molecule has 1 aromatic heterocycles. The van der Waals surface area contributed by atoms with Crippen molar-refractivity contribution in [3.8, 4) is 0 Å². The molecule has 1 aliphatic heterocycles. The highest BCUT2D eigenvalue weighted by Gasteiger charge is 2.14. The van der Waals surface area contributed by atoms with Crippen LogP contribution < -0.4 is 5.32 Å². The topological polar surface area (TPSA) is 51.0 Å². The predicted octanol–water partition coefficient (Wildman–Crippen LogP) is 2.30. The molecule has 0 aliphatic carbocycles. The third kappa shape index (κ3) is 3.84. The fourth-order valence-corrected chi connectivity index (χ4v) is 3.51. The fourth-order valence-electron chi connectivity index (χ4n) is 2.32. The zero-order valence-electron chi connectivity index (χ0n) is 11.4. The molecule has 0 amide bonds. The van der Waals surface area contributed by atoms with Crippen LogP contribution in [0.5, 0.6) is 0 Å². The first-order valence-corrected chi connectivity index (χ1v) is 8.22. The van der Waals surface area contributed by atoms with Gasteiger partial charge in [-0.3, -0.25) is 0 Å². The first kappa shape index (κ1) is 13.6. The molecule has 5 heteroatoms. The summed E-state index contributed by atoms with van der Waals surface area (Å²) in [5, 5.41) is 7.58. The number of thioether (sulfide) groups is 1. The van der Waals surface area contributed by atoms with Crippen molar-refractivity contribution in [2.75, 3.05) is 18.1 Å². The number of aromatic nitrogens is 2. The lowest BCUT2D eigenvalue weighted by atomic mass is 10.1. The van der Waals surface area contributed by atoms with E-state index in [9.17, 15) is 0 Å². The molecule has 2 heterocycles. The molecular weight excluding hydrogens is 270 g/mol. The van der Waals surface area contributed by atoms with Crippen LogP contribution in [0.3, 0.4) is 0 Å². The predicted molar refractivity (Wildman–Crippen MR) is 81.0 cm³/mol. The minimum Gasteiger partial charge on any atom is -0.339 e. The van der Waals surface area contributed by atoms with Crippen LogP contribution in [0.15, 0.2) is 34.9 Å². The van der Waals surface area contributed by atoms with Gasteiger partial charge in [-0.1, -0.05) is 35.5 Å². The van der Waals surface area contributed by atoms with Crippen molar-refractivity contribution in [3.63, 3.8) is 0 Å². The molecule has 1 unspecified atom stereocenters. The summed E-state index contributed by atoms with van der Waals surface area (Å²) in [6, 6.07) is 10.9. The van der Waals surface area contributed by atoms with Gasteiger partial charge in [0.2, 0.25) is 5.89 Å². The molecule has 106 valence electrons. The third-order valence-corrected chi connectivity index (χ3v) is 4.58. The Balaban J connectivity index is 1.46. The van der Waals surface area contributed by atoms with Gasteiger partial charge in [-0.2, -0.15) is 16.7 Å². The van der Waals surface area contributed by atoms with Crippen LogP contribution in [-0.2, 0) is 12.8 Å². The lowest BCUT2D eigenvalue weighted by Gasteiger charge is -2.08. The highest BCUT2D eigenvalue weighted by molar-refractivity contribution is 7.99. The number of hydrogen-bond acceptors (Lipinski definition) is 5. The van der Waals surface area contributed by atoms with E-state index in [1.165, 1.54) is 23.5 Å². The fraction of sp³-hybridized carbons (Fsp3) is 0.467. The van der Waals surface area contributed by atoms with Gasteiger partial charge in [-0.05, 0) is 17.7 Å². The van der Waals surface area contributed by atoms with E-state index in [1.54, 1.807) is 0 Å². The quantitative estimate of drug-likeness (QED) is 0.884. The van der Waals surface area contributed by atoms with Crippen LogP contribution in [0, 0.1) is 0 Å². The minimum atomic E-state index is 0.659. The number of nitrogens with one attached hydrogen (secondary N) is 1. The standard InChI is InChI=1S/C15H19N3OS/c1-2-4-12(5-3-1)10-14-17-15(19-18-14)6-8-16-13-7-9-20-11-13/h1-5,13,16H,6-11H2. The Kier molecular flexibility index (Phi) is 4.71. The van der Waals surface area contributed by atoms with Gasteiger partial charge >= 0.3 is 0 Å². The Morgan fingerprint density at radius 3 is 3.00 bits per heavy atom. The van der Waals surface area contributed by atoms with Crippen molar-refractivity contribution in [2.45, 2.75) is 25.3 Å². The molecule has 4 nitrogen and oxygen atoms in total. The van der Waals surface area contributed by atoms with E-state index in [0.29, 0.717) is 6.04 Å². The van der Waals surface area contributed by atoms with Crippen molar-refractivity contribution < 1.29 is 4.52 Å². The largest absolute Gasteiger partial charge is 0.339 e. The zero-order chi connectivity index (χ0) is 13.6. The van der Waals surface area contributed by atoms with Gasteiger partial charge in [0, 0.05) is 31.2 Å². The Labute approximate surface area is 123 Å². The zero-order valence-corrected chi connectivity index (χ0v) is 12.2. The maximum Gasteiger partial charge on any atom is 0.227 e. The third-order valence-electron chi connectivity index (χ3n) is 3.42. The molecule has 3 rings (SSSR count). The van der Waals surface area contributed by atoms with E-state index in [2.05, 4.69) is 27.6 Å². The molecule has 20 heavy (non-hydrogen) atoms. The van der Waals surface area contributed by atoms with E-state index in [1.807, 2.05) is 30.0 Å². The first-order chi connectivity index (χ1) is 9.90. The molecule has 0 radical (unpaired) electrons. The summed E-state index contributed by atoms with van der Waals surface area (Å²) in [6.07, 6.45) is 2.81. The van der Waals surface area contributed by atoms with Gasteiger partial charge in [0.15, 0.2) is 5.82 Å². The van der Waals surface area contributed by atoms with Crippen molar-refractivity contribution in [1.29, 1.82) is 0 Å². The lowest BCUT2D eigenvalue weighted by molar-refractivity contribution is 0.369. The second-order valence-corrected chi connectivity index (χ2v) is 6.18. The second-order valence-electron chi connectivity index (χ2n) is 5.03. The van der Waals surface area contributed by atoms with Crippen molar-refractivity contribution in [1.82, 2.24) is 15.5 Å². The number of benzene rings is 1. The Bertz CT molecular complexity index is 523. The summed E-state index contributed by atoms with van der Waals surface area (Å²) >= 11 is 2.02. The van der Waals surface area contributed by atoms with E-state index in [-0.39, 0.29) is 0 Å². The first-order valence-electron chi connectivity index (χ1n) is 7.06. The Morgan fingerprint density at radius 2 is 2.20 bits per heavy atom. The van der Waals surface area contributed by atoms with E-state index >= 15 is 0 Å². The van der Waals surface area contributed by atoms with Gasteiger partial charge in [-0.15, -0.1) is 0 Å². The average molecular weight is 289 g/mol. The summed E-state index contributed by atoms with van der Waals surface area (Å²) in [5.74, 6) is 4.00. The van der Waals surface area contributed by atoms with E-state index in [0.717, 1.165) is 31.1 Å². The van der Waals surface area contributed by atoms with Crippen LogP contribution in [0.25, 0.3) is 0 Å². The molecule has 1 aromatic carbocycles. The van der Waals surface area contributed by atoms with Gasteiger partial charge in [-0.25, -0.2) is 0 Å².